The fourth-order valence-electron chi connectivity index (χ4n) is 2.32. The molecule has 120 valence electrons. The highest BCUT2D eigenvalue weighted by Gasteiger charge is 2.10. The number of aliphatic imine (C=N–C) groups is 1. The summed E-state index contributed by atoms with van der Waals surface area (Å²) in [4.78, 5) is 16.0. The van der Waals surface area contributed by atoms with Gasteiger partial charge in [-0.15, -0.1) is 0 Å². The topological polar surface area (TPSA) is 43.6 Å². The van der Waals surface area contributed by atoms with Crippen molar-refractivity contribution in [3.05, 3.63) is 83.1 Å². The predicted octanol–water partition coefficient (Wildman–Crippen LogP) is 4.67. The Labute approximate surface area is 145 Å². The number of esters is 1. The van der Waals surface area contributed by atoms with Crippen LogP contribution in [0.5, 0.6) is 0 Å². The largest absolute Gasteiger partial charge is 0.465 e. The maximum Gasteiger partial charge on any atom is 0.339 e. The van der Waals surface area contributed by atoms with Crippen LogP contribution >= 0.6 is 11.6 Å². The van der Waals surface area contributed by atoms with Crippen LogP contribution in [0.2, 0.25) is 5.02 Å². The Morgan fingerprint density at radius 1 is 1.12 bits per heavy atom. The van der Waals surface area contributed by atoms with Crippen LogP contribution in [-0.4, -0.2) is 23.9 Å². The molecular weight excluding hydrogens is 324 g/mol. The van der Waals surface area contributed by atoms with Crippen molar-refractivity contribution in [3.8, 4) is 5.69 Å². The van der Waals surface area contributed by atoms with E-state index in [4.69, 9.17) is 11.6 Å². The lowest BCUT2D eigenvalue weighted by atomic mass is 10.2. The summed E-state index contributed by atoms with van der Waals surface area (Å²) >= 11 is 6.11. The third-order valence-electron chi connectivity index (χ3n) is 3.52. The zero-order valence-corrected chi connectivity index (χ0v) is 13.8. The van der Waals surface area contributed by atoms with E-state index in [0.29, 0.717) is 16.3 Å². The summed E-state index contributed by atoms with van der Waals surface area (Å²) < 4.78 is 6.71. The molecule has 0 radical (unpaired) electrons. The number of hydrogen-bond donors (Lipinski definition) is 0. The van der Waals surface area contributed by atoms with Crippen LogP contribution in [0.3, 0.4) is 0 Å². The van der Waals surface area contributed by atoms with Crippen molar-refractivity contribution in [1.82, 2.24) is 4.57 Å². The van der Waals surface area contributed by atoms with Gasteiger partial charge < -0.3 is 9.30 Å². The molecule has 5 heteroatoms. The lowest BCUT2D eigenvalue weighted by Crippen LogP contribution is -2.01. The SMILES string of the molecule is COC(=O)c1ccc(N=Cc2cccn2-c2ccccc2)cc1Cl. The van der Waals surface area contributed by atoms with Crippen molar-refractivity contribution in [2.45, 2.75) is 0 Å². The van der Waals surface area contributed by atoms with Crippen LogP contribution < -0.4 is 0 Å². The average molecular weight is 339 g/mol. The third kappa shape index (κ3) is 3.39. The van der Waals surface area contributed by atoms with Gasteiger partial charge >= 0.3 is 5.97 Å². The molecule has 3 rings (SSSR count). The maximum atomic E-state index is 11.5. The van der Waals surface area contributed by atoms with Crippen LogP contribution in [0.25, 0.3) is 5.69 Å². The highest BCUT2D eigenvalue weighted by Crippen LogP contribution is 2.23. The molecule has 3 aromatic rings. The van der Waals surface area contributed by atoms with E-state index in [1.807, 2.05) is 53.2 Å². The fraction of sp³-hybridized carbons (Fsp3) is 0.0526. The Hall–Kier alpha value is -2.85. The Bertz CT molecular complexity index is 885. The minimum atomic E-state index is -0.464. The highest BCUT2D eigenvalue weighted by atomic mass is 35.5. The fourth-order valence-corrected chi connectivity index (χ4v) is 2.58. The maximum absolute atomic E-state index is 11.5. The molecule has 4 nitrogen and oxygen atoms in total. The minimum Gasteiger partial charge on any atom is -0.465 e. The molecule has 0 amide bonds. The van der Waals surface area contributed by atoms with Gasteiger partial charge in [0, 0.05) is 11.9 Å². The molecule has 24 heavy (non-hydrogen) atoms. The first-order chi connectivity index (χ1) is 11.7. The summed E-state index contributed by atoms with van der Waals surface area (Å²) in [6, 6.07) is 18.9. The monoisotopic (exact) mass is 338 g/mol. The van der Waals surface area contributed by atoms with Crippen LogP contribution in [0.1, 0.15) is 16.1 Å². The molecule has 0 saturated carbocycles. The number of rotatable bonds is 4. The Kier molecular flexibility index (Phi) is 4.77. The van der Waals surface area contributed by atoms with Gasteiger partial charge in [-0.3, -0.25) is 4.99 Å². The predicted molar refractivity (Wildman–Crippen MR) is 95.8 cm³/mol. The molecule has 0 aliphatic rings. The summed E-state index contributed by atoms with van der Waals surface area (Å²) in [7, 11) is 1.32. The van der Waals surface area contributed by atoms with Gasteiger partial charge in [-0.05, 0) is 42.5 Å². The highest BCUT2D eigenvalue weighted by molar-refractivity contribution is 6.33. The van der Waals surface area contributed by atoms with Crippen LogP contribution in [0, 0.1) is 0 Å². The molecule has 0 unspecified atom stereocenters. The van der Waals surface area contributed by atoms with E-state index >= 15 is 0 Å². The molecule has 0 aliphatic carbocycles. The summed E-state index contributed by atoms with van der Waals surface area (Å²) in [6.45, 7) is 0. The molecule has 0 fully saturated rings. The summed E-state index contributed by atoms with van der Waals surface area (Å²) in [5.41, 5.74) is 2.98. The second-order valence-corrected chi connectivity index (χ2v) is 5.46. The number of ether oxygens (including phenoxy) is 1. The van der Waals surface area contributed by atoms with E-state index in [2.05, 4.69) is 9.73 Å². The number of para-hydroxylation sites is 1. The first-order valence-corrected chi connectivity index (χ1v) is 7.71. The number of benzene rings is 2. The molecule has 0 saturated heterocycles. The van der Waals surface area contributed by atoms with Gasteiger partial charge in [0.15, 0.2) is 0 Å². The first-order valence-electron chi connectivity index (χ1n) is 7.34. The van der Waals surface area contributed by atoms with Gasteiger partial charge in [-0.2, -0.15) is 0 Å². The molecule has 0 atom stereocenters. The van der Waals surface area contributed by atoms with Gasteiger partial charge in [0.2, 0.25) is 0 Å². The summed E-state index contributed by atoms with van der Waals surface area (Å²) in [5.74, 6) is -0.464. The number of halogens is 1. The number of methoxy groups -OCH3 is 1. The van der Waals surface area contributed by atoms with Crippen LogP contribution in [0.4, 0.5) is 5.69 Å². The van der Waals surface area contributed by atoms with E-state index in [-0.39, 0.29) is 0 Å². The van der Waals surface area contributed by atoms with Crippen LogP contribution in [-0.2, 0) is 4.74 Å². The Morgan fingerprint density at radius 3 is 2.62 bits per heavy atom. The van der Waals surface area contributed by atoms with Crippen molar-refractivity contribution in [3.63, 3.8) is 0 Å². The lowest BCUT2D eigenvalue weighted by Gasteiger charge is -2.06. The molecule has 0 spiro atoms. The van der Waals surface area contributed by atoms with Gasteiger partial charge in [0.1, 0.15) is 0 Å². The Morgan fingerprint density at radius 2 is 1.92 bits per heavy atom. The van der Waals surface area contributed by atoms with E-state index in [1.54, 1.807) is 24.4 Å². The van der Waals surface area contributed by atoms with Gasteiger partial charge in [-0.25, -0.2) is 4.79 Å². The standard InChI is InChI=1S/C19H15ClN2O2/c1-24-19(23)17-10-9-14(12-18(17)20)21-13-16-8-5-11-22(16)15-6-3-2-4-7-15/h2-13H,1H3. The van der Waals surface area contributed by atoms with Crippen molar-refractivity contribution in [1.29, 1.82) is 0 Å². The number of nitrogens with zero attached hydrogens (tertiary/aromatic N) is 2. The molecule has 2 aromatic carbocycles. The molecule has 0 N–H and O–H groups in total. The third-order valence-corrected chi connectivity index (χ3v) is 3.83. The quantitative estimate of drug-likeness (QED) is 0.512. The van der Waals surface area contributed by atoms with Gasteiger partial charge in [-0.1, -0.05) is 29.8 Å². The second kappa shape index (κ2) is 7.15. The summed E-state index contributed by atoms with van der Waals surface area (Å²) in [5, 5.41) is 0.315. The van der Waals surface area contributed by atoms with Crippen molar-refractivity contribution >= 4 is 29.5 Å². The van der Waals surface area contributed by atoms with Gasteiger partial charge in [0.05, 0.1) is 35.3 Å². The van der Waals surface area contributed by atoms with E-state index in [1.165, 1.54) is 7.11 Å². The average Bonchev–Trinajstić information content (AvgIpc) is 3.09. The van der Waals surface area contributed by atoms with E-state index < -0.39 is 5.97 Å². The number of aromatic nitrogens is 1. The smallest absolute Gasteiger partial charge is 0.339 e. The molecule has 0 aliphatic heterocycles. The molecule has 1 aromatic heterocycles. The lowest BCUT2D eigenvalue weighted by molar-refractivity contribution is 0.0601. The zero-order valence-electron chi connectivity index (χ0n) is 13.0. The molecule has 1 heterocycles. The zero-order chi connectivity index (χ0) is 16.9. The van der Waals surface area contributed by atoms with E-state index in [9.17, 15) is 4.79 Å². The van der Waals surface area contributed by atoms with Crippen molar-refractivity contribution in [2.75, 3.05) is 7.11 Å². The minimum absolute atomic E-state index is 0.315. The van der Waals surface area contributed by atoms with Gasteiger partial charge in [0.25, 0.3) is 0 Å². The van der Waals surface area contributed by atoms with Crippen molar-refractivity contribution in [2.24, 2.45) is 4.99 Å². The van der Waals surface area contributed by atoms with E-state index in [0.717, 1.165) is 11.4 Å². The summed E-state index contributed by atoms with van der Waals surface area (Å²) in [6.07, 6.45) is 3.74. The molecular formula is C19H15ClN2O2. The number of carbonyl (C=O) groups excluding carboxylic acids is 1. The number of carbonyl (C=O) groups is 1. The normalized spacial score (nSPS) is 10.9. The molecule has 0 bridgehead atoms. The van der Waals surface area contributed by atoms with Crippen LogP contribution in [0.15, 0.2) is 71.9 Å². The first kappa shape index (κ1) is 16.0. The number of hydrogen-bond acceptors (Lipinski definition) is 3. The second-order valence-electron chi connectivity index (χ2n) is 5.05. The van der Waals surface area contributed by atoms with Crippen molar-refractivity contribution < 1.29 is 9.53 Å². The Balaban J connectivity index is 1.86.